The Morgan fingerprint density at radius 3 is 2.00 bits per heavy atom. The van der Waals surface area contributed by atoms with Gasteiger partial charge in [-0.1, -0.05) is 64.5 Å². The van der Waals surface area contributed by atoms with Gasteiger partial charge in [0.25, 0.3) is 0 Å². The molecular formula is C11H22O2S. The molecule has 0 saturated carbocycles. The van der Waals surface area contributed by atoms with E-state index in [4.69, 9.17) is 4.74 Å². The Balaban J connectivity index is 2.88. The molecule has 0 aliphatic rings. The summed E-state index contributed by atoms with van der Waals surface area (Å²) in [5, 5.41) is -0.465. The van der Waals surface area contributed by atoms with Crippen molar-refractivity contribution in [2.75, 3.05) is 6.61 Å². The monoisotopic (exact) mass is 218 g/mol. The predicted molar refractivity (Wildman–Crippen MR) is 62.9 cm³/mol. The minimum Gasteiger partial charge on any atom is -0.458 e. The molecule has 0 atom stereocenters. The maximum atomic E-state index is 10.3. The molecule has 0 aliphatic carbocycles. The van der Waals surface area contributed by atoms with E-state index in [0.717, 1.165) is 12.8 Å². The highest BCUT2D eigenvalue weighted by atomic mass is 32.1. The van der Waals surface area contributed by atoms with Crippen LogP contribution in [0, 0.1) is 0 Å². The van der Waals surface area contributed by atoms with Crippen LogP contribution in [0.25, 0.3) is 0 Å². The summed E-state index contributed by atoms with van der Waals surface area (Å²) in [6.07, 6.45) is 10.1. The third-order valence-electron chi connectivity index (χ3n) is 2.22. The van der Waals surface area contributed by atoms with Gasteiger partial charge in [-0.15, -0.1) is 0 Å². The van der Waals surface area contributed by atoms with E-state index in [0.29, 0.717) is 6.61 Å². The van der Waals surface area contributed by atoms with Crippen LogP contribution in [0.3, 0.4) is 0 Å². The molecule has 3 heteroatoms. The van der Waals surface area contributed by atoms with E-state index in [1.165, 1.54) is 38.5 Å². The lowest BCUT2D eigenvalue weighted by Gasteiger charge is -2.01. The second-order valence-electron chi connectivity index (χ2n) is 3.59. The average molecular weight is 218 g/mol. The minimum atomic E-state index is -0.465. The molecule has 0 bridgehead atoms. The van der Waals surface area contributed by atoms with E-state index >= 15 is 0 Å². The lowest BCUT2D eigenvalue weighted by Crippen LogP contribution is -1.96. The van der Waals surface area contributed by atoms with Gasteiger partial charge in [0.2, 0.25) is 0 Å². The van der Waals surface area contributed by atoms with E-state index in [1.54, 1.807) is 0 Å². The third-order valence-corrected chi connectivity index (χ3v) is 2.35. The maximum Gasteiger partial charge on any atom is 0.364 e. The lowest BCUT2D eigenvalue weighted by molar-refractivity contribution is 0.173. The third kappa shape index (κ3) is 11.8. The summed E-state index contributed by atoms with van der Waals surface area (Å²) < 4.78 is 4.71. The van der Waals surface area contributed by atoms with Gasteiger partial charge in [0.1, 0.15) is 0 Å². The largest absolute Gasteiger partial charge is 0.458 e. The molecule has 0 heterocycles. The van der Waals surface area contributed by atoms with Crippen molar-refractivity contribution in [1.82, 2.24) is 0 Å². The van der Waals surface area contributed by atoms with E-state index in [-0.39, 0.29) is 0 Å². The second kappa shape index (κ2) is 10.9. The number of rotatable bonds is 9. The molecule has 0 amide bonds. The van der Waals surface area contributed by atoms with Crippen molar-refractivity contribution >= 4 is 17.9 Å². The van der Waals surface area contributed by atoms with Crippen molar-refractivity contribution in [3.63, 3.8) is 0 Å². The second-order valence-corrected chi connectivity index (χ2v) is 3.95. The van der Waals surface area contributed by atoms with Gasteiger partial charge in [-0.2, -0.15) is 0 Å². The lowest BCUT2D eigenvalue weighted by atomic mass is 10.1. The highest BCUT2D eigenvalue weighted by Gasteiger charge is 1.94. The van der Waals surface area contributed by atoms with Crippen molar-refractivity contribution in [3.8, 4) is 0 Å². The Bertz CT molecular complexity index is 137. The van der Waals surface area contributed by atoms with Crippen LogP contribution in [-0.2, 0) is 4.74 Å². The van der Waals surface area contributed by atoms with Gasteiger partial charge in [0, 0.05) is 0 Å². The number of carbonyl (C=O) groups excluding carboxylic acids is 1. The first-order valence-corrected chi connectivity index (χ1v) is 6.07. The molecule has 2 nitrogen and oxygen atoms in total. The van der Waals surface area contributed by atoms with Gasteiger partial charge in [-0.3, -0.25) is 0 Å². The Kier molecular flexibility index (Phi) is 10.8. The zero-order valence-corrected chi connectivity index (χ0v) is 10.0. The van der Waals surface area contributed by atoms with Crippen molar-refractivity contribution in [1.29, 1.82) is 0 Å². The molecular weight excluding hydrogens is 196 g/mol. The summed E-state index contributed by atoms with van der Waals surface area (Å²) >= 11 is 3.52. The normalized spacial score (nSPS) is 10.1. The summed E-state index contributed by atoms with van der Waals surface area (Å²) in [5.74, 6) is 0. The molecule has 0 fully saturated rings. The van der Waals surface area contributed by atoms with Gasteiger partial charge in [-0.25, -0.2) is 4.79 Å². The van der Waals surface area contributed by atoms with Crippen LogP contribution >= 0.6 is 12.6 Å². The van der Waals surface area contributed by atoms with Crippen LogP contribution in [0.4, 0.5) is 4.79 Å². The SMILES string of the molecule is CCCCCCCCCCOC(=O)S. The Morgan fingerprint density at radius 2 is 1.50 bits per heavy atom. The fourth-order valence-electron chi connectivity index (χ4n) is 1.40. The highest BCUT2D eigenvalue weighted by molar-refractivity contribution is 7.96. The van der Waals surface area contributed by atoms with Gasteiger partial charge < -0.3 is 4.74 Å². The molecule has 0 aromatic heterocycles. The summed E-state index contributed by atoms with van der Waals surface area (Å²) in [5.41, 5.74) is 0. The molecule has 0 aliphatic heterocycles. The Morgan fingerprint density at radius 1 is 1.00 bits per heavy atom. The van der Waals surface area contributed by atoms with Crippen molar-refractivity contribution in [2.45, 2.75) is 58.3 Å². The van der Waals surface area contributed by atoms with Gasteiger partial charge in [0.05, 0.1) is 6.61 Å². The van der Waals surface area contributed by atoms with Crippen LogP contribution in [-0.4, -0.2) is 11.9 Å². The molecule has 0 spiro atoms. The Labute approximate surface area is 92.8 Å². The zero-order valence-electron chi connectivity index (χ0n) is 9.13. The van der Waals surface area contributed by atoms with Crippen LogP contribution in [0.5, 0.6) is 0 Å². The molecule has 0 rings (SSSR count). The standard InChI is InChI=1S/C11H22O2S/c1-2-3-4-5-6-7-8-9-10-13-11(12)14/h2-10H2,1H3,(H,12,14). The predicted octanol–water partition coefficient (Wildman–Crippen LogP) is 4.19. The fourth-order valence-corrected chi connectivity index (χ4v) is 1.49. The summed E-state index contributed by atoms with van der Waals surface area (Å²) in [7, 11) is 0. The maximum absolute atomic E-state index is 10.3. The summed E-state index contributed by atoms with van der Waals surface area (Å²) in [6, 6.07) is 0. The minimum absolute atomic E-state index is 0.465. The average Bonchev–Trinajstić information content (AvgIpc) is 2.15. The smallest absolute Gasteiger partial charge is 0.364 e. The first-order chi connectivity index (χ1) is 6.77. The Hall–Kier alpha value is -0.180. The van der Waals surface area contributed by atoms with E-state index < -0.39 is 5.30 Å². The van der Waals surface area contributed by atoms with Crippen molar-refractivity contribution < 1.29 is 9.53 Å². The first-order valence-electron chi connectivity index (χ1n) is 5.63. The van der Waals surface area contributed by atoms with E-state index in [2.05, 4.69) is 19.6 Å². The highest BCUT2D eigenvalue weighted by Crippen LogP contribution is 2.08. The topological polar surface area (TPSA) is 26.3 Å². The van der Waals surface area contributed by atoms with Gasteiger partial charge in [0.15, 0.2) is 0 Å². The number of unbranched alkanes of at least 4 members (excludes halogenated alkanes) is 7. The number of thiol groups is 1. The van der Waals surface area contributed by atoms with E-state index in [9.17, 15) is 4.79 Å². The molecule has 0 radical (unpaired) electrons. The molecule has 0 N–H and O–H groups in total. The van der Waals surface area contributed by atoms with Crippen LogP contribution in [0.15, 0.2) is 0 Å². The van der Waals surface area contributed by atoms with E-state index in [1.807, 2.05) is 0 Å². The zero-order chi connectivity index (χ0) is 10.6. The number of hydrogen-bond acceptors (Lipinski definition) is 2. The molecule has 14 heavy (non-hydrogen) atoms. The summed E-state index contributed by atoms with van der Waals surface area (Å²) in [4.78, 5) is 10.3. The van der Waals surface area contributed by atoms with Crippen LogP contribution < -0.4 is 0 Å². The molecule has 84 valence electrons. The van der Waals surface area contributed by atoms with Crippen LogP contribution in [0.2, 0.25) is 0 Å². The van der Waals surface area contributed by atoms with Gasteiger partial charge >= 0.3 is 5.30 Å². The quantitative estimate of drug-likeness (QED) is 0.357. The molecule has 0 saturated heterocycles. The van der Waals surface area contributed by atoms with Gasteiger partial charge in [-0.05, 0) is 6.42 Å². The molecule has 0 aromatic carbocycles. The van der Waals surface area contributed by atoms with Crippen molar-refractivity contribution in [2.24, 2.45) is 0 Å². The molecule has 0 unspecified atom stereocenters. The fraction of sp³-hybridized carbons (Fsp3) is 0.909. The number of ether oxygens (including phenoxy) is 1. The van der Waals surface area contributed by atoms with Crippen molar-refractivity contribution in [3.05, 3.63) is 0 Å². The molecule has 0 aromatic rings. The summed E-state index contributed by atoms with van der Waals surface area (Å²) in [6.45, 7) is 2.75. The van der Waals surface area contributed by atoms with Crippen LogP contribution in [0.1, 0.15) is 58.3 Å². The first kappa shape index (κ1) is 13.8. The number of hydrogen-bond donors (Lipinski definition) is 1. The number of carbonyl (C=O) groups is 1.